The minimum absolute atomic E-state index is 0.0529. The zero-order chi connectivity index (χ0) is 94.3. The molecule has 15 unspecified atom stereocenters. The molecule has 0 aromatic rings. The molecular formula is C91H157N11O28. The van der Waals surface area contributed by atoms with Gasteiger partial charge < -0.3 is 141 Å². The number of fused-ring (bicyclic) bond motifs is 1. The van der Waals surface area contributed by atoms with E-state index in [0.717, 1.165) is 6.42 Å². The van der Waals surface area contributed by atoms with Crippen LogP contribution in [0.4, 0.5) is 0 Å². The number of amides is 11. The highest BCUT2D eigenvalue weighted by Gasteiger charge is 2.55. The van der Waals surface area contributed by atoms with Gasteiger partial charge in [0, 0.05) is 176 Å². The lowest BCUT2D eigenvalue weighted by atomic mass is 9.51. The molecule has 7 aliphatic heterocycles. The highest BCUT2D eigenvalue weighted by atomic mass is 16.7. The first-order valence-corrected chi connectivity index (χ1v) is 48.4. The van der Waals surface area contributed by atoms with Gasteiger partial charge in [-0.15, -0.1) is 0 Å². The summed E-state index contributed by atoms with van der Waals surface area (Å²) in [5, 5.41) is 131. The Hall–Kier alpha value is -6.51. The summed E-state index contributed by atoms with van der Waals surface area (Å²) in [7, 11) is 0. The second-order valence-corrected chi connectivity index (χ2v) is 37.5. The van der Waals surface area contributed by atoms with E-state index in [1.54, 1.807) is 0 Å². The largest absolute Gasteiger partial charge is 0.396 e. The summed E-state index contributed by atoms with van der Waals surface area (Å²) in [6, 6.07) is -3.20. The Morgan fingerprint density at radius 1 is 0.338 bits per heavy atom. The van der Waals surface area contributed by atoms with Crippen molar-refractivity contribution in [3.8, 4) is 0 Å². The molecule has 18 N–H and O–H groups in total. The fourth-order valence-corrected chi connectivity index (χ4v) is 20.9. The number of nitrogens with zero attached hydrogens (tertiary/aromatic N) is 4. The Kier molecular flexibility index (Phi) is 47.5. The number of hydrogen-bond donors (Lipinski definition) is 18. The van der Waals surface area contributed by atoms with Crippen LogP contribution in [-0.4, -0.2) is 364 Å². The highest BCUT2D eigenvalue weighted by molar-refractivity contribution is 5.80. The summed E-state index contributed by atoms with van der Waals surface area (Å²) in [6.45, 7) is 8.46. The second-order valence-electron chi connectivity index (χ2n) is 37.5. The molecule has 17 atom stereocenters. The van der Waals surface area contributed by atoms with Gasteiger partial charge >= 0.3 is 0 Å². The van der Waals surface area contributed by atoms with Crippen LogP contribution in [0, 0.1) is 40.4 Å². The fraction of sp³-hybridized carbons (Fsp3) is 0.879. The Bertz CT molecular complexity index is 3160. The molecular weight excluding hydrogens is 1700 g/mol. The summed E-state index contributed by atoms with van der Waals surface area (Å²) >= 11 is 0. The zero-order valence-electron chi connectivity index (χ0n) is 77.1. The van der Waals surface area contributed by atoms with Crippen LogP contribution in [0.1, 0.15) is 245 Å². The molecule has 0 aromatic carbocycles. The number of ether oxygens (including phenoxy) is 6. The van der Waals surface area contributed by atoms with Crippen molar-refractivity contribution in [2.75, 3.05) is 131 Å². The van der Waals surface area contributed by atoms with Crippen LogP contribution in [0.15, 0.2) is 0 Å². The maximum absolute atomic E-state index is 14.4. The van der Waals surface area contributed by atoms with Crippen LogP contribution >= 0.6 is 0 Å². The van der Waals surface area contributed by atoms with E-state index in [1.807, 2.05) is 19.6 Å². The van der Waals surface area contributed by atoms with Crippen molar-refractivity contribution in [1.82, 2.24) is 56.8 Å². The minimum Gasteiger partial charge on any atom is -0.396 e. The van der Waals surface area contributed by atoms with E-state index in [0.29, 0.717) is 271 Å². The monoisotopic (exact) mass is 1850 g/mol. The van der Waals surface area contributed by atoms with E-state index in [4.69, 9.17) is 28.4 Å². The normalized spacial score (nSPS) is 27.8. The molecule has 8 fully saturated rings. The zero-order valence-corrected chi connectivity index (χ0v) is 77.1. The lowest BCUT2D eigenvalue weighted by Gasteiger charge is -2.57. The molecule has 8 aliphatic rings. The van der Waals surface area contributed by atoms with E-state index >= 15 is 0 Å². The van der Waals surface area contributed by atoms with Crippen LogP contribution in [0.3, 0.4) is 0 Å². The molecule has 7 saturated heterocycles. The maximum atomic E-state index is 14.4. The lowest BCUT2D eigenvalue weighted by Crippen LogP contribution is -2.64. The average molecular weight is 1850 g/mol. The van der Waals surface area contributed by atoms with Crippen molar-refractivity contribution in [2.45, 2.75) is 337 Å². The van der Waals surface area contributed by atoms with Gasteiger partial charge in [0.25, 0.3) is 0 Å². The molecule has 1 aliphatic carbocycles. The topological polar surface area (TPSA) is 563 Å². The van der Waals surface area contributed by atoms with Gasteiger partial charge in [-0.1, -0.05) is 25.7 Å². The number of likely N-dealkylation sites (tertiary alicyclic amines) is 4. The van der Waals surface area contributed by atoms with Crippen LogP contribution in [0.25, 0.3) is 0 Å². The van der Waals surface area contributed by atoms with E-state index in [1.165, 1.54) is 20.8 Å². The number of carbonyl (C=O) groups is 11. The van der Waals surface area contributed by atoms with Gasteiger partial charge in [-0.3, -0.25) is 52.7 Å². The SMILES string of the molecule is CC(=O)NC1C(OCCCCC(=O)NCCCCCC(=O)N2CCC(C(CCC(=O)NCCCCCC(=O)N3C[C@@H]4CC(CO)(CO)C[C@@H]4C3)(C3CCN(C(=O)CCCCCNC(=O)CCCCOC4OC(CO)C(O)C(O)C4NC(C)=O)CC3)C3CCN(C(=O)CCCCCNC(=O)CCCCOC4OC(CO)C(O)C(O)C4NC(C)=O)CC3)CC2)OC(CO)C(O)C1O. The summed E-state index contributed by atoms with van der Waals surface area (Å²) in [4.78, 5) is 152. The van der Waals surface area contributed by atoms with Crippen LogP contribution in [0.2, 0.25) is 0 Å². The standard InChI is InChI=1S/C91H157N11O28/c1-59(108)96-78-84(122)81(119)67(54-103)128-87(78)125-47-19-12-22-70(111)92-37-15-4-8-25-74(115)99-41-30-64(31-42-99)91(36-29-73(114)95-40-18-7-11-28-77(118)102-52-62-50-90(57-106,58-107)51-63(62)53-102,65-32-43-100(44-33-65)75(116)26-9-5-16-38-93-71(112)23-13-20-48-126-88-79(97-60(2)109)85(123)82(120)68(55-104)129-88)66-34-45-101(46-35-66)76(117)27-10-6-17-39-94-72(113)24-14-21-49-127-89-80(98-61(3)110)86(124)83(121)69(56-105)130-89/h62-69,78-89,103-107,119-124H,4-58H2,1-3H3,(H,92,111)(H,93,112)(H,94,113)(H,95,114)(H,96,108)(H,97,109)(H,98,110)/t62-,63+,67?,68?,69?,78?,79?,80?,81?,82?,83?,84?,85?,86?,87?,88?,89?,91?. The molecule has 744 valence electrons. The lowest BCUT2D eigenvalue weighted by molar-refractivity contribution is -0.270. The molecule has 11 amide bonds. The van der Waals surface area contributed by atoms with E-state index in [9.17, 15) is 109 Å². The molecule has 8 rings (SSSR count). The summed E-state index contributed by atoms with van der Waals surface area (Å²) in [5.41, 5.74) is -0.886. The summed E-state index contributed by atoms with van der Waals surface area (Å²) in [5.74, 6) is -0.815. The summed E-state index contributed by atoms with van der Waals surface area (Å²) < 4.78 is 34.2. The average Bonchev–Trinajstić information content (AvgIpc) is 0.994. The number of piperidine rings is 3. The third kappa shape index (κ3) is 33.5. The fourth-order valence-electron chi connectivity index (χ4n) is 20.9. The van der Waals surface area contributed by atoms with Crippen molar-refractivity contribution in [3.63, 3.8) is 0 Å². The predicted molar refractivity (Wildman–Crippen MR) is 470 cm³/mol. The van der Waals surface area contributed by atoms with Gasteiger partial charge in [0.1, 0.15) is 73.1 Å². The first kappa shape index (κ1) is 109. The number of carbonyl (C=O) groups excluding carboxylic acids is 11. The molecule has 0 aromatic heterocycles. The number of aliphatic hydroxyl groups is 11. The molecule has 130 heavy (non-hydrogen) atoms. The van der Waals surface area contributed by atoms with Gasteiger partial charge in [-0.2, -0.15) is 0 Å². The predicted octanol–water partition coefficient (Wildman–Crippen LogP) is -0.594. The number of rotatable bonds is 56. The third-order valence-electron chi connectivity index (χ3n) is 28.2. The van der Waals surface area contributed by atoms with Crippen molar-refractivity contribution in [2.24, 2.45) is 40.4 Å². The van der Waals surface area contributed by atoms with E-state index in [2.05, 4.69) is 37.2 Å². The minimum atomic E-state index is -1.44. The van der Waals surface area contributed by atoms with Gasteiger partial charge in [0.2, 0.25) is 65.0 Å². The molecule has 1 saturated carbocycles. The molecule has 7 heterocycles. The van der Waals surface area contributed by atoms with Gasteiger partial charge in [-0.05, 0) is 183 Å². The molecule has 39 nitrogen and oxygen atoms in total. The Morgan fingerprint density at radius 2 is 0.600 bits per heavy atom. The van der Waals surface area contributed by atoms with Gasteiger partial charge in [-0.25, -0.2) is 0 Å². The Labute approximate surface area is 765 Å². The van der Waals surface area contributed by atoms with E-state index < -0.39 is 140 Å². The van der Waals surface area contributed by atoms with Crippen LogP contribution in [0.5, 0.6) is 0 Å². The molecule has 0 spiro atoms. The first-order chi connectivity index (χ1) is 62.5. The number of aliphatic hydroxyl groups excluding tert-OH is 11. The quantitative estimate of drug-likeness (QED) is 0.0338. The van der Waals surface area contributed by atoms with Crippen molar-refractivity contribution >= 4 is 65.0 Å². The Balaban J connectivity index is 0.837. The van der Waals surface area contributed by atoms with E-state index in [-0.39, 0.29) is 136 Å². The molecule has 39 heteroatoms. The Morgan fingerprint density at radius 3 is 0.862 bits per heavy atom. The first-order valence-electron chi connectivity index (χ1n) is 48.4. The van der Waals surface area contributed by atoms with Crippen molar-refractivity contribution in [1.29, 1.82) is 0 Å². The van der Waals surface area contributed by atoms with Crippen molar-refractivity contribution < 1.29 is 137 Å². The maximum Gasteiger partial charge on any atom is 0.222 e. The van der Waals surface area contributed by atoms with Crippen LogP contribution in [-0.2, 0) is 81.2 Å². The molecule has 0 radical (unpaired) electrons. The van der Waals surface area contributed by atoms with Gasteiger partial charge in [0.05, 0.1) is 33.0 Å². The summed E-state index contributed by atoms with van der Waals surface area (Å²) in [6.07, 6.45) is 4.03. The second kappa shape index (κ2) is 56.7. The molecule has 0 bridgehead atoms. The third-order valence-corrected chi connectivity index (χ3v) is 28.2. The highest BCUT2D eigenvalue weighted by Crippen LogP contribution is 2.57. The number of hydrogen-bond acceptors (Lipinski definition) is 28. The van der Waals surface area contributed by atoms with Gasteiger partial charge in [0.15, 0.2) is 18.9 Å². The van der Waals surface area contributed by atoms with Crippen LogP contribution < -0.4 is 37.2 Å². The smallest absolute Gasteiger partial charge is 0.222 e. The number of nitrogens with one attached hydrogen (secondary N) is 7. The number of unbranched alkanes of at least 4 members (excludes halogenated alkanes) is 11. The van der Waals surface area contributed by atoms with Crippen molar-refractivity contribution in [3.05, 3.63) is 0 Å².